The number of amides is 2. The Balaban J connectivity index is 2.25. The zero-order valence-corrected chi connectivity index (χ0v) is 5.50. The molecule has 0 saturated carbocycles. The standard InChI is InChI=1S/C5H6N4O2/c10-4-2-3(7-1-6-2)5(11)9-8-4/h1-3H,(H,6,7)(H,8,10)(H,9,11)/t2-,3-/m0/s1. The molecule has 1 fully saturated rings. The molecule has 0 radical (unpaired) electrons. The quantitative estimate of drug-likeness (QED) is 0.361. The molecule has 0 aliphatic carbocycles. The van der Waals surface area contributed by atoms with E-state index in [1.165, 1.54) is 6.34 Å². The topological polar surface area (TPSA) is 82.6 Å². The molecule has 58 valence electrons. The Labute approximate surface area is 62.0 Å². The van der Waals surface area contributed by atoms with Gasteiger partial charge in [0.25, 0.3) is 11.8 Å². The number of hydrogen-bond donors (Lipinski definition) is 3. The van der Waals surface area contributed by atoms with E-state index in [1.54, 1.807) is 0 Å². The van der Waals surface area contributed by atoms with Crippen molar-refractivity contribution in [2.24, 2.45) is 4.99 Å². The van der Waals surface area contributed by atoms with Gasteiger partial charge in [-0.1, -0.05) is 0 Å². The Morgan fingerprint density at radius 2 is 2.00 bits per heavy atom. The summed E-state index contributed by atoms with van der Waals surface area (Å²) in [6, 6.07) is -1.12. The van der Waals surface area contributed by atoms with Crippen LogP contribution in [0, 0.1) is 0 Å². The molecule has 2 rings (SSSR count). The lowest BCUT2D eigenvalue weighted by Crippen LogP contribution is -2.62. The molecule has 2 aliphatic heterocycles. The number of hydrogen-bond acceptors (Lipinski definition) is 4. The Bertz CT molecular complexity index is 249. The molecule has 6 heteroatoms. The maximum atomic E-state index is 11.0. The molecule has 0 aromatic heterocycles. The summed E-state index contributed by atoms with van der Waals surface area (Å²) in [6.45, 7) is 0. The van der Waals surface area contributed by atoms with Gasteiger partial charge in [0.1, 0.15) is 6.04 Å². The molecule has 2 amide bonds. The lowest BCUT2D eigenvalue weighted by molar-refractivity contribution is -0.136. The number of nitrogens with one attached hydrogen (secondary N) is 3. The Hall–Kier alpha value is -1.59. The maximum Gasteiger partial charge on any atom is 0.265 e. The molecular weight excluding hydrogens is 148 g/mol. The SMILES string of the molecule is O=C1NNC(=O)[C@H]2NC=N[C@H]12. The van der Waals surface area contributed by atoms with Crippen molar-refractivity contribution in [3.8, 4) is 0 Å². The van der Waals surface area contributed by atoms with E-state index >= 15 is 0 Å². The van der Waals surface area contributed by atoms with Gasteiger partial charge in [0.2, 0.25) is 0 Å². The number of nitrogens with zero attached hydrogens (tertiary/aromatic N) is 1. The van der Waals surface area contributed by atoms with Gasteiger partial charge in [0, 0.05) is 0 Å². The van der Waals surface area contributed by atoms with Crippen LogP contribution in [0.4, 0.5) is 0 Å². The number of carbonyl (C=O) groups is 2. The third-order valence-corrected chi connectivity index (χ3v) is 1.66. The van der Waals surface area contributed by atoms with Gasteiger partial charge in [-0.15, -0.1) is 0 Å². The van der Waals surface area contributed by atoms with Crippen LogP contribution in [0.15, 0.2) is 4.99 Å². The third kappa shape index (κ3) is 0.754. The first-order valence-electron chi connectivity index (χ1n) is 3.16. The molecule has 2 heterocycles. The fourth-order valence-corrected chi connectivity index (χ4v) is 1.09. The van der Waals surface area contributed by atoms with E-state index in [0.717, 1.165) is 0 Å². The second-order valence-corrected chi connectivity index (χ2v) is 2.35. The molecule has 11 heavy (non-hydrogen) atoms. The highest BCUT2D eigenvalue weighted by molar-refractivity contribution is 6.00. The minimum absolute atomic E-state index is 0.257. The van der Waals surface area contributed by atoms with Gasteiger partial charge in [0.05, 0.1) is 6.34 Å². The van der Waals surface area contributed by atoms with Crippen molar-refractivity contribution in [2.75, 3.05) is 0 Å². The van der Waals surface area contributed by atoms with E-state index in [4.69, 9.17) is 0 Å². The lowest BCUT2D eigenvalue weighted by atomic mass is 10.1. The van der Waals surface area contributed by atoms with E-state index in [2.05, 4.69) is 21.2 Å². The van der Waals surface area contributed by atoms with Crippen molar-refractivity contribution in [3.05, 3.63) is 0 Å². The summed E-state index contributed by atoms with van der Waals surface area (Å²) < 4.78 is 0. The zero-order chi connectivity index (χ0) is 7.84. The molecule has 2 aliphatic rings. The Morgan fingerprint density at radius 3 is 2.73 bits per heavy atom. The lowest BCUT2D eigenvalue weighted by Gasteiger charge is -2.22. The first kappa shape index (κ1) is 6.14. The number of carbonyl (C=O) groups excluding carboxylic acids is 2. The fraction of sp³-hybridized carbons (Fsp3) is 0.400. The van der Waals surface area contributed by atoms with E-state index in [9.17, 15) is 9.59 Å². The fourth-order valence-electron chi connectivity index (χ4n) is 1.09. The molecule has 0 aromatic carbocycles. The highest BCUT2D eigenvalue weighted by Crippen LogP contribution is 2.06. The van der Waals surface area contributed by atoms with E-state index in [0.29, 0.717) is 0 Å². The Morgan fingerprint density at radius 1 is 1.27 bits per heavy atom. The van der Waals surface area contributed by atoms with Crippen LogP contribution in [0.25, 0.3) is 0 Å². The van der Waals surface area contributed by atoms with Crippen LogP contribution in [-0.4, -0.2) is 30.2 Å². The van der Waals surface area contributed by atoms with Gasteiger partial charge in [-0.25, -0.2) is 0 Å². The van der Waals surface area contributed by atoms with E-state index in [-0.39, 0.29) is 11.8 Å². The normalized spacial score (nSPS) is 33.8. The number of fused-ring (bicyclic) bond motifs is 1. The van der Waals surface area contributed by atoms with Crippen LogP contribution in [0.3, 0.4) is 0 Å². The molecule has 1 saturated heterocycles. The molecule has 6 nitrogen and oxygen atoms in total. The van der Waals surface area contributed by atoms with Crippen LogP contribution >= 0.6 is 0 Å². The van der Waals surface area contributed by atoms with Crippen molar-refractivity contribution in [1.29, 1.82) is 0 Å². The summed E-state index contributed by atoms with van der Waals surface area (Å²) in [4.78, 5) is 25.7. The van der Waals surface area contributed by atoms with Crippen molar-refractivity contribution >= 4 is 18.2 Å². The number of hydrazine groups is 1. The van der Waals surface area contributed by atoms with E-state index < -0.39 is 12.1 Å². The van der Waals surface area contributed by atoms with Gasteiger partial charge in [-0.05, 0) is 0 Å². The van der Waals surface area contributed by atoms with Crippen LogP contribution in [0.1, 0.15) is 0 Å². The highest BCUT2D eigenvalue weighted by atomic mass is 16.2. The minimum atomic E-state index is -0.594. The van der Waals surface area contributed by atoms with Gasteiger partial charge >= 0.3 is 0 Å². The molecule has 0 unspecified atom stereocenters. The second kappa shape index (κ2) is 1.94. The minimum Gasteiger partial charge on any atom is -0.363 e. The second-order valence-electron chi connectivity index (χ2n) is 2.35. The average Bonchev–Trinajstić information content (AvgIpc) is 2.45. The van der Waals surface area contributed by atoms with Gasteiger partial charge < -0.3 is 5.32 Å². The molecule has 2 atom stereocenters. The van der Waals surface area contributed by atoms with Crippen molar-refractivity contribution in [3.63, 3.8) is 0 Å². The van der Waals surface area contributed by atoms with Crippen LogP contribution < -0.4 is 16.2 Å². The summed E-state index contributed by atoms with van der Waals surface area (Å²) in [7, 11) is 0. The molecule has 3 N–H and O–H groups in total. The maximum absolute atomic E-state index is 11.0. The first-order valence-corrected chi connectivity index (χ1v) is 3.16. The average molecular weight is 154 g/mol. The van der Waals surface area contributed by atoms with Crippen LogP contribution in [0.5, 0.6) is 0 Å². The van der Waals surface area contributed by atoms with Crippen LogP contribution in [0.2, 0.25) is 0 Å². The smallest absolute Gasteiger partial charge is 0.265 e. The van der Waals surface area contributed by atoms with Gasteiger partial charge in [-0.2, -0.15) is 0 Å². The molecular formula is C5H6N4O2. The molecule has 0 spiro atoms. The molecule has 0 bridgehead atoms. The Kier molecular flexibility index (Phi) is 1.09. The summed E-state index contributed by atoms with van der Waals surface area (Å²) >= 11 is 0. The van der Waals surface area contributed by atoms with Gasteiger partial charge in [-0.3, -0.25) is 25.4 Å². The highest BCUT2D eigenvalue weighted by Gasteiger charge is 2.39. The van der Waals surface area contributed by atoms with Crippen LogP contribution in [-0.2, 0) is 9.59 Å². The number of rotatable bonds is 0. The number of aliphatic imine (C=N–C) groups is 1. The van der Waals surface area contributed by atoms with Gasteiger partial charge in [0.15, 0.2) is 6.04 Å². The monoisotopic (exact) mass is 154 g/mol. The molecule has 0 aromatic rings. The third-order valence-electron chi connectivity index (χ3n) is 1.66. The first-order chi connectivity index (χ1) is 5.29. The largest absolute Gasteiger partial charge is 0.363 e. The van der Waals surface area contributed by atoms with Crippen molar-refractivity contribution < 1.29 is 9.59 Å². The predicted octanol–water partition coefficient (Wildman–Crippen LogP) is -2.48. The van der Waals surface area contributed by atoms with E-state index in [1.807, 2.05) is 0 Å². The predicted molar refractivity (Wildman–Crippen MR) is 35.5 cm³/mol. The zero-order valence-electron chi connectivity index (χ0n) is 5.50. The summed E-state index contributed by atoms with van der Waals surface area (Å²) in [6.07, 6.45) is 1.37. The summed E-state index contributed by atoms with van der Waals surface area (Å²) in [5, 5.41) is 2.67. The van der Waals surface area contributed by atoms with Crippen molar-refractivity contribution in [2.45, 2.75) is 12.1 Å². The summed E-state index contributed by atoms with van der Waals surface area (Å²) in [5.74, 6) is -0.539. The van der Waals surface area contributed by atoms with Crippen molar-refractivity contribution in [1.82, 2.24) is 16.2 Å². The summed E-state index contributed by atoms with van der Waals surface area (Å²) in [5.41, 5.74) is 4.43.